The molecule has 1 aromatic heterocycles. The molecule has 1 aliphatic rings. The molecule has 120 valence electrons. The summed E-state index contributed by atoms with van der Waals surface area (Å²) in [6.45, 7) is 9.81. The Hall–Kier alpha value is -1.10. The molecule has 1 saturated heterocycles. The topological polar surface area (TPSA) is 54.2 Å². The summed E-state index contributed by atoms with van der Waals surface area (Å²) >= 11 is 0. The molecule has 1 aromatic rings. The van der Waals surface area contributed by atoms with Crippen molar-refractivity contribution in [3.8, 4) is 0 Å². The monoisotopic (exact) mass is 294 g/mol. The van der Waals surface area contributed by atoms with Crippen LogP contribution in [0.4, 0.5) is 5.95 Å². The van der Waals surface area contributed by atoms with Crippen molar-refractivity contribution in [3.05, 3.63) is 5.89 Å². The zero-order chi connectivity index (χ0) is 15.1. The van der Waals surface area contributed by atoms with E-state index in [-0.39, 0.29) is 0 Å². The van der Waals surface area contributed by atoms with Crippen molar-refractivity contribution in [2.75, 3.05) is 24.5 Å². The van der Waals surface area contributed by atoms with Crippen LogP contribution in [0.5, 0.6) is 0 Å². The van der Waals surface area contributed by atoms with Gasteiger partial charge >= 0.3 is 0 Å². The van der Waals surface area contributed by atoms with Gasteiger partial charge in [0.05, 0.1) is 0 Å². The van der Waals surface area contributed by atoms with Gasteiger partial charge in [0.1, 0.15) is 0 Å². The summed E-state index contributed by atoms with van der Waals surface area (Å²) < 4.78 is 5.48. The molecule has 0 aliphatic carbocycles. The van der Waals surface area contributed by atoms with Crippen LogP contribution >= 0.6 is 0 Å². The summed E-state index contributed by atoms with van der Waals surface area (Å²) in [7, 11) is 0. The highest BCUT2D eigenvalue weighted by molar-refractivity contribution is 5.27. The quantitative estimate of drug-likeness (QED) is 0.837. The Balaban J connectivity index is 1.94. The number of hydrogen-bond acceptors (Lipinski definition) is 5. The van der Waals surface area contributed by atoms with Crippen molar-refractivity contribution in [1.82, 2.24) is 15.5 Å². The summed E-state index contributed by atoms with van der Waals surface area (Å²) in [6.07, 6.45) is 7.06. The van der Waals surface area contributed by atoms with E-state index in [4.69, 9.17) is 4.52 Å². The summed E-state index contributed by atoms with van der Waals surface area (Å²) in [5.74, 6) is 2.10. The molecule has 2 rings (SSSR count). The summed E-state index contributed by atoms with van der Waals surface area (Å²) in [4.78, 5) is 6.88. The average molecular weight is 294 g/mol. The van der Waals surface area contributed by atoms with Gasteiger partial charge in [-0.2, -0.15) is 4.98 Å². The van der Waals surface area contributed by atoms with Crippen LogP contribution in [0.3, 0.4) is 0 Å². The first-order valence-corrected chi connectivity index (χ1v) is 8.51. The van der Waals surface area contributed by atoms with Crippen LogP contribution in [0.25, 0.3) is 0 Å². The maximum atomic E-state index is 5.48. The van der Waals surface area contributed by atoms with Crippen LogP contribution in [0.15, 0.2) is 4.52 Å². The Kier molecular flexibility index (Phi) is 6.49. The summed E-state index contributed by atoms with van der Waals surface area (Å²) in [5, 5.41) is 7.76. The zero-order valence-corrected chi connectivity index (χ0v) is 13.8. The van der Waals surface area contributed by atoms with Crippen molar-refractivity contribution >= 4 is 5.95 Å². The van der Waals surface area contributed by atoms with Gasteiger partial charge in [-0.15, -0.1) is 0 Å². The minimum Gasteiger partial charge on any atom is -0.338 e. The van der Waals surface area contributed by atoms with E-state index < -0.39 is 0 Å². The molecule has 0 spiro atoms. The third-order valence-electron chi connectivity index (χ3n) is 4.20. The molecule has 5 nitrogen and oxygen atoms in total. The van der Waals surface area contributed by atoms with Crippen LogP contribution in [0, 0.1) is 5.92 Å². The molecule has 1 unspecified atom stereocenters. The van der Waals surface area contributed by atoms with Gasteiger partial charge in [-0.1, -0.05) is 33.6 Å². The number of aromatic nitrogens is 2. The van der Waals surface area contributed by atoms with Crippen LogP contribution in [-0.4, -0.2) is 35.8 Å². The van der Waals surface area contributed by atoms with E-state index in [0.29, 0.717) is 12.0 Å². The molecule has 0 bridgehead atoms. The molecule has 1 atom stereocenters. The highest BCUT2D eigenvalue weighted by Gasteiger charge is 2.20. The van der Waals surface area contributed by atoms with Crippen LogP contribution in [0.2, 0.25) is 0 Å². The second-order valence-corrected chi connectivity index (χ2v) is 6.40. The summed E-state index contributed by atoms with van der Waals surface area (Å²) in [6, 6.07) is 0.405. The van der Waals surface area contributed by atoms with E-state index in [1.807, 2.05) is 0 Å². The van der Waals surface area contributed by atoms with Crippen LogP contribution in [-0.2, 0) is 6.42 Å². The second-order valence-electron chi connectivity index (χ2n) is 6.40. The zero-order valence-electron chi connectivity index (χ0n) is 13.8. The molecule has 5 heteroatoms. The SMILES string of the molecule is CCCNC(Cc1nc(N2CCCCCC2)no1)C(C)C. The van der Waals surface area contributed by atoms with E-state index in [1.165, 1.54) is 25.7 Å². The second kappa shape index (κ2) is 8.37. The molecular formula is C16H30N4O. The maximum absolute atomic E-state index is 5.48. The first kappa shape index (κ1) is 16.3. The van der Waals surface area contributed by atoms with E-state index in [9.17, 15) is 0 Å². The Morgan fingerprint density at radius 2 is 1.90 bits per heavy atom. The fourth-order valence-corrected chi connectivity index (χ4v) is 2.79. The van der Waals surface area contributed by atoms with Gasteiger partial charge in [-0.3, -0.25) is 0 Å². The van der Waals surface area contributed by atoms with E-state index in [0.717, 1.165) is 44.3 Å². The van der Waals surface area contributed by atoms with E-state index in [1.54, 1.807) is 0 Å². The van der Waals surface area contributed by atoms with Crippen LogP contribution < -0.4 is 10.2 Å². The first-order valence-electron chi connectivity index (χ1n) is 8.51. The largest absolute Gasteiger partial charge is 0.338 e. The number of nitrogens with zero attached hydrogens (tertiary/aromatic N) is 3. The number of anilines is 1. The van der Waals surface area contributed by atoms with E-state index >= 15 is 0 Å². The summed E-state index contributed by atoms with van der Waals surface area (Å²) in [5.41, 5.74) is 0. The van der Waals surface area contributed by atoms with Gasteiger partial charge in [0.2, 0.25) is 5.89 Å². The fourth-order valence-electron chi connectivity index (χ4n) is 2.79. The molecule has 0 saturated carbocycles. The predicted molar refractivity (Wildman–Crippen MR) is 85.6 cm³/mol. The third kappa shape index (κ3) is 4.99. The maximum Gasteiger partial charge on any atom is 0.266 e. The normalized spacial score (nSPS) is 18.0. The lowest BCUT2D eigenvalue weighted by molar-refractivity contribution is 0.326. The van der Waals surface area contributed by atoms with Crippen molar-refractivity contribution in [1.29, 1.82) is 0 Å². The number of rotatable bonds is 7. The Labute approximate surface area is 128 Å². The van der Waals surface area contributed by atoms with Gasteiger partial charge in [0.15, 0.2) is 0 Å². The van der Waals surface area contributed by atoms with Gasteiger partial charge in [-0.25, -0.2) is 0 Å². The standard InChI is InChI=1S/C16H30N4O/c1-4-9-17-14(13(2)3)12-15-18-16(19-21-15)20-10-7-5-6-8-11-20/h13-14,17H,4-12H2,1-3H3. The molecule has 21 heavy (non-hydrogen) atoms. The average Bonchev–Trinajstić information content (AvgIpc) is 2.76. The smallest absolute Gasteiger partial charge is 0.266 e. The number of hydrogen-bond donors (Lipinski definition) is 1. The minimum absolute atomic E-state index is 0.405. The highest BCUT2D eigenvalue weighted by Crippen LogP contribution is 2.17. The molecule has 1 N–H and O–H groups in total. The lowest BCUT2D eigenvalue weighted by Crippen LogP contribution is -2.36. The molecule has 1 aliphatic heterocycles. The Morgan fingerprint density at radius 3 is 2.52 bits per heavy atom. The lowest BCUT2D eigenvalue weighted by Gasteiger charge is -2.20. The highest BCUT2D eigenvalue weighted by atomic mass is 16.5. The Bertz CT molecular complexity index is 397. The molecular weight excluding hydrogens is 264 g/mol. The van der Waals surface area contributed by atoms with Crippen molar-refractivity contribution < 1.29 is 4.52 Å². The predicted octanol–water partition coefficient (Wildman–Crippen LogP) is 3.02. The third-order valence-corrected chi connectivity index (χ3v) is 4.20. The minimum atomic E-state index is 0.405. The first-order chi connectivity index (χ1) is 10.2. The molecule has 0 amide bonds. The van der Waals surface area contributed by atoms with Gasteiger partial charge in [0, 0.05) is 25.6 Å². The Morgan fingerprint density at radius 1 is 1.19 bits per heavy atom. The number of nitrogens with one attached hydrogen (secondary N) is 1. The van der Waals surface area contributed by atoms with E-state index in [2.05, 4.69) is 41.1 Å². The van der Waals surface area contributed by atoms with Gasteiger partial charge < -0.3 is 14.7 Å². The molecule has 0 radical (unpaired) electrons. The van der Waals surface area contributed by atoms with Gasteiger partial charge in [-0.05, 0) is 36.9 Å². The molecule has 1 fully saturated rings. The van der Waals surface area contributed by atoms with Crippen molar-refractivity contribution in [3.63, 3.8) is 0 Å². The van der Waals surface area contributed by atoms with Crippen molar-refractivity contribution in [2.24, 2.45) is 5.92 Å². The molecule has 2 heterocycles. The van der Waals surface area contributed by atoms with Crippen molar-refractivity contribution in [2.45, 2.75) is 65.3 Å². The van der Waals surface area contributed by atoms with Gasteiger partial charge in [0.25, 0.3) is 5.95 Å². The molecule has 0 aromatic carbocycles. The van der Waals surface area contributed by atoms with Crippen LogP contribution in [0.1, 0.15) is 58.8 Å². The fraction of sp³-hybridized carbons (Fsp3) is 0.875. The lowest BCUT2D eigenvalue weighted by atomic mass is 10.0.